The standard InChI is InChI=1S/C31H41NO4/c1-4-35-23-8-6-21(7-9-23)32-18-15-28(36-29(32)34)27-12-11-25-24-10-5-20-19-22(33)13-16-30(20,2)26(24)14-17-31(25,27)3/h6-9,19,24-28H,4-5,10-18H2,1-3H3/t24-,25-,26-,27+,28?,30-,31-/m0/s1. The maximum absolute atomic E-state index is 13.1. The number of anilines is 1. The fourth-order valence-electron chi connectivity index (χ4n) is 9.22. The second-order valence-electron chi connectivity index (χ2n) is 12.5. The first kappa shape index (κ1) is 24.1. The van der Waals surface area contributed by atoms with Gasteiger partial charge in [-0.3, -0.25) is 9.69 Å². The number of ketones is 1. The molecule has 1 aromatic carbocycles. The first-order valence-corrected chi connectivity index (χ1v) is 14.3. The van der Waals surface area contributed by atoms with Gasteiger partial charge in [0.1, 0.15) is 11.9 Å². The number of cyclic esters (lactones) is 1. The molecule has 5 aliphatic rings. The van der Waals surface area contributed by atoms with Crippen LogP contribution in [0, 0.1) is 34.5 Å². The van der Waals surface area contributed by atoms with Crippen molar-refractivity contribution in [2.45, 2.75) is 84.7 Å². The average molecular weight is 492 g/mol. The molecule has 1 aromatic rings. The monoisotopic (exact) mass is 491 g/mol. The van der Waals surface area contributed by atoms with Crippen LogP contribution >= 0.6 is 0 Å². The molecule has 5 heteroatoms. The molecular formula is C31H41NO4. The Balaban J connectivity index is 1.16. The lowest BCUT2D eigenvalue weighted by atomic mass is 9.46. The number of fused-ring (bicyclic) bond motifs is 5. The van der Waals surface area contributed by atoms with Gasteiger partial charge in [0.2, 0.25) is 0 Å². The van der Waals surface area contributed by atoms with Crippen LogP contribution in [-0.2, 0) is 9.53 Å². The number of carbonyl (C=O) groups is 2. The summed E-state index contributed by atoms with van der Waals surface area (Å²) >= 11 is 0. The smallest absolute Gasteiger partial charge is 0.414 e. The van der Waals surface area contributed by atoms with Crippen LogP contribution < -0.4 is 9.64 Å². The summed E-state index contributed by atoms with van der Waals surface area (Å²) in [6.07, 6.45) is 11.7. The molecule has 3 saturated carbocycles. The Morgan fingerprint density at radius 1 is 0.944 bits per heavy atom. The van der Waals surface area contributed by atoms with Crippen LogP contribution in [0.4, 0.5) is 10.5 Å². The lowest BCUT2D eigenvalue weighted by Crippen LogP contribution is -2.53. The third kappa shape index (κ3) is 3.71. The van der Waals surface area contributed by atoms with Crippen LogP contribution in [0.5, 0.6) is 5.75 Å². The minimum Gasteiger partial charge on any atom is -0.494 e. The molecular weight excluding hydrogens is 450 g/mol. The summed E-state index contributed by atoms with van der Waals surface area (Å²) in [5.74, 6) is 3.76. The van der Waals surface area contributed by atoms with Crippen molar-refractivity contribution < 1.29 is 19.1 Å². The summed E-state index contributed by atoms with van der Waals surface area (Å²) in [7, 11) is 0. The zero-order chi connectivity index (χ0) is 25.1. The van der Waals surface area contributed by atoms with Gasteiger partial charge in [0.05, 0.1) is 6.61 Å². The minimum absolute atomic E-state index is 0.0185. The Labute approximate surface area is 215 Å². The summed E-state index contributed by atoms with van der Waals surface area (Å²) in [5.41, 5.74) is 2.78. The van der Waals surface area contributed by atoms with Crippen molar-refractivity contribution in [1.29, 1.82) is 0 Å². The highest BCUT2D eigenvalue weighted by Crippen LogP contribution is 2.67. The normalized spacial score (nSPS) is 40.0. The topological polar surface area (TPSA) is 55.8 Å². The number of amides is 1. The Morgan fingerprint density at radius 3 is 2.47 bits per heavy atom. The lowest BCUT2D eigenvalue weighted by molar-refractivity contribution is -0.118. The number of allylic oxidation sites excluding steroid dienone is 1. The molecule has 0 N–H and O–H groups in total. The molecule has 1 heterocycles. The summed E-state index contributed by atoms with van der Waals surface area (Å²) < 4.78 is 11.7. The van der Waals surface area contributed by atoms with Gasteiger partial charge in [-0.25, -0.2) is 4.79 Å². The fourth-order valence-corrected chi connectivity index (χ4v) is 9.22. The van der Waals surface area contributed by atoms with Gasteiger partial charge in [-0.1, -0.05) is 19.4 Å². The van der Waals surface area contributed by atoms with Crippen molar-refractivity contribution >= 4 is 17.6 Å². The second kappa shape index (κ2) is 8.92. The molecule has 0 bridgehead atoms. The van der Waals surface area contributed by atoms with Gasteiger partial charge < -0.3 is 9.47 Å². The molecule has 1 saturated heterocycles. The fraction of sp³-hybridized carbons (Fsp3) is 0.677. The number of carbonyl (C=O) groups excluding carboxylic acids is 2. The number of rotatable bonds is 4. The van der Waals surface area contributed by atoms with Gasteiger partial charge in [-0.15, -0.1) is 0 Å². The van der Waals surface area contributed by atoms with Crippen molar-refractivity contribution in [3.63, 3.8) is 0 Å². The molecule has 1 amide bonds. The van der Waals surface area contributed by atoms with Gasteiger partial charge in [-0.05, 0) is 111 Å². The molecule has 0 aromatic heterocycles. The van der Waals surface area contributed by atoms with Crippen LogP contribution in [0.25, 0.3) is 0 Å². The molecule has 7 atom stereocenters. The van der Waals surface area contributed by atoms with E-state index in [2.05, 4.69) is 13.8 Å². The van der Waals surface area contributed by atoms with E-state index >= 15 is 0 Å². The molecule has 194 valence electrons. The number of ether oxygens (including phenoxy) is 2. The minimum atomic E-state index is -0.206. The van der Waals surface area contributed by atoms with E-state index in [-0.39, 0.29) is 23.0 Å². The van der Waals surface area contributed by atoms with E-state index in [4.69, 9.17) is 9.47 Å². The van der Waals surface area contributed by atoms with Gasteiger partial charge in [0.15, 0.2) is 5.78 Å². The first-order chi connectivity index (χ1) is 17.3. The second-order valence-corrected chi connectivity index (χ2v) is 12.5. The Morgan fingerprint density at radius 2 is 1.72 bits per heavy atom. The summed E-state index contributed by atoms with van der Waals surface area (Å²) in [6.45, 7) is 8.27. The molecule has 4 fully saturated rings. The number of hydrogen-bond donors (Lipinski definition) is 0. The highest BCUT2D eigenvalue weighted by Gasteiger charge is 2.60. The van der Waals surface area contributed by atoms with Crippen LogP contribution in [0.1, 0.15) is 78.6 Å². The van der Waals surface area contributed by atoms with Gasteiger partial charge >= 0.3 is 6.09 Å². The Kier molecular flexibility index (Phi) is 5.96. The molecule has 36 heavy (non-hydrogen) atoms. The van der Waals surface area contributed by atoms with E-state index in [1.54, 1.807) is 4.90 Å². The van der Waals surface area contributed by atoms with Crippen molar-refractivity contribution in [3.8, 4) is 5.75 Å². The average Bonchev–Trinajstić information content (AvgIpc) is 3.22. The quantitative estimate of drug-likeness (QED) is 0.457. The largest absolute Gasteiger partial charge is 0.494 e. The van der Waals surface area contributed by atoms with Gasteiger partial charge in [-0.2, -0.15) is 0 Å². The molecule has 6 rings (SSSR count). The van der Waals surface area contributed by atoms with E-state index in [0.29, 0.717) is 36.7 Å². The number of benzene rings is 1. The van der Waals surface area contributed by atoms with Crippen LogP contribution in [0.15, 0.2) is 35.9 Å². The van der Waals surface area contributed by atoms with Crippen molar-refractivity contribution in [1.82, 2.24) is 0 Å². The van der Waals surface area contributed by atoms with E-state index < -0.39 is 0 Å². The van der Waals surface area contributed by atoms with E-state index in [0.717, 1.165) is 43.0 Å². The van der Waals surface area contributed by atoms with Crippen LogP contribution in [0.3, 0.4) is 0 Å². The predicted octanol–water partition coefficient (Wildman–Crippen LogP) is 6.95. The molecule has 5 nitrogen and oxygen atoms in total. The number of nitrogens with zero attached hydrogens (tertiary/aromatic N) is 1. The van der Waals surface area contributed by atoms with Crippen LogP contribution in [0.2, 0.25) is 0 Å². The van der Waals surface area contributed by atoms with Gasteiger partial charge in [0, 0.05) is 31.0 Å². The summed E-state index contributed by atoms with van der Waals surface area (Å²) in [6, 6.07) is 7.75. The zero-order valence-electron chi connectivity index (χ0n) is 22.1. The van der Waals surface area contributed by atoms with E-state index in [1.807, 2.05) is 37.3 Å². The molecule has 1 aliphatic heterocycles. The SMILES string of the molecule is CCOc1ccc(N2CCC([C@H]3CC[C@H]4[C@@H]5CCC6=CC(=O)CC[C@]6(C)[C@H]5CC[C@]34C)OC2=O)cc1. The molecule has 0 spiro atoms. The Hall–Kier alpha value is -2.30. The van der Waals surface area contributed by atoms with Crippen LogP contribution in [-0.4, -0.2) is 31.1 Å². The maximum atomic E-state index is 13.1. The lowest BCUT2D eigenvalue weighted by Gasteiger charge is -2.58. The Bertz CT molecular complexity index is 1060. The summed E-state index contributed by atoms with van der Waals surface area (Å²) in [5, 5.41) is 0. The van der Waals surface area contributed by atoms with E-state index in [9.17, 15) is 9.59 Å². The first-order valence-electron chi connectivity index (χ1n) is 14.3. The number of hydrogen-bond acceptors (Lipinski definition) is 4. The van der Waals surface area contributed by atoms with Crippen molar-refractivity contribution in [3.05, 3.63) is 35.9 Å². The van der Waals surface area contributed by atoms with E-state index in [1.165, 1.54) is 37.7 Å². The zero-order valence-corrected chi connectivity index (χ0v) is 22.1. The maximum Gasteiger partial charge on any atom is 0.414 e. The van der Waals surface area contributed by atoms with Crippen molar-refractivity contribution in [2.75, 3.05) is 18.1 Å². The van der Waals surface area contributed by atoms with Crippen molar-refractivity contribution in [2.24, 2.45) is 34.5 Å². The third-order valence-electron chi connectivity index (χ3n) is 11.1. The predicted molar refractivity (Wildman–Crippen MR) is 140 cm³/mol. The third-order valence-corrected chi connectivity index (χ3v) is 11.1. The highest BCUT2D eigenvalue weighted by atomic mass is 16.6. The molecule has 0 radical (unpaired) electrons. The molecule has 4 aliphatic carbocycles. The summed E-state index contributed by atoms with van der Waals surface area (Å²) in [4.78, 5) is 27.0. The highest BCUT2D eigenvalue weighted by molar-refractivity contribution is 5.91. The molecule has 1 unspecified atom stereocenters. The van der Waals surface area contributed by atoms with Gasteiger partial charge in [0.25, 0.3) is 0 Å².